The molecule has 1 saturated heterocycles. The van der Waals surface area contributed by atoms with Crippen molar-refractivity contribution in [2.24, 2.45) is 4.99 Å². The first-order chi connectivity index (χ1) is 14.3. The molecular weight excluding hydrogens is 515 g/mol. The summed E-state index contributed by atoms with van der Waals surface area (Å²) >= 11 is 1.80. The minimum Gasteiger partial charge on any atom is -0.379 e. The molecule has 1 aromatic rings. The Hall–Kier alpha value is -0.910. The van der Waals surface area contributed by atoms with Gasteiger partial charge < -0.3 is 25.0 Å². The van der Waals surface area contributed by atoms with Gasteiger partial charge in [-0.3, -0.25) is 9.79 Å². The average molecular weight is 551 g/mol. The topological polar surface area (TPSA) is 75.2 Å². The zero-order chi connectivity index (χ0) is 20.3. The van der Waals surface area contributed by atoms with E-state index in [0.717, 1.165) is 57.9 Å². The highest BCUT2D eigenvalue weighted by molar-refractivity contribution is 14.0. The van der Waals surface area contributed by atoms with Crippen molar-refractivity contribution in [3.8, 4) is 0 Å². The molecule has 1 unspecified atom stereocenters. The van der Waals surface area contributed by atoms with E-state index in [0.29, 0.717) is 32.7 Å². The molecule has 7 nitrogen and oxygen atoms in total. The molecule has 30 heavy (non-hydrogen) atoms. The lowest BCUT2D eigenvalue weighted by atomic mass is 10.1. The van der Waals surface area contributed by atoms with Gasteiger partial charge in [-0.2, -0.15) is 0 Å². The maximum Gasteiger partial charge on any atom is 0.224 e. The fourth-order valence-corrected chi connectivity index (χ4v) is 4.49. The first kappa shape index (κ1) is 25.4. The Kier molecular flexibility index (Phi) is 12.0. The number of nitrogens with one attached hydrogen (secondary N) is 2. The molecule has 0 aromatic carbocycles. The van der Waals surface area contributed by atoms with E-state index in [-0.39, 0.29) is 36.0 Å². The summed E-state index contributed by atoms with van der Waals surface area (Å²) in [5.41, 5.74) is 1.30. The molecule has 3 rings (SSSR count). The summed E-state index contributed by atoms with van der Waals surface area (Å²) in [7, 11) is 0. The third-order valence-electron chi connectivity index (χ3n) is 5.18. The number of carbonyl (C=O) groups excluding carboxylic acids is 1. The van der Waals surface area contributed by atoms with E-state index in [4.69, 9.17) is 9.47 Å². The lowest BCUT2D eigenvalue weighted by Gasteiger charge is -2.27. The summed E-state index contributed by atoms with van der Waals surface area (Å²) in [6.45, 7) is 7.94. The van der Waals surface area contributed by atoms with Crippen LogP contribution >= 0.6 is 35.3 Å². The summed E-state index contributed by atoms with van der Waals surface area (Å²) in [6.07, 6.45) is 4.86. The van der Waals surface area contributed by atoms with E-state index in [1.807, 2.05) is 11.8 Å². The van der Waals surface area contributed by atoms with E-state index in [1.54, 1.807) is 11.3 Å². The number of fused-ring (bicyclic) bond motifs is 1. The number of rotatable bonds is 10. The van der Waals surface area contributed by atoms with Gasteiger partial charge in [0.05, 0.1) is 12.7 Å². The molecule has 0 saturated carbocycles. The van der Waals surface area contributed by atoms with Crippen LogP contribution in [0, 0.1) is 0 Å². The number of halogens is 1. The second kappa shape index (κ2) is 14.2. The van der Waals surface area contributed by atoms with Gasteiger partial charge in [0.1, 0.15) is 0 Å². The van der Waals surface area contributed by atoms with E-state index in [1.165, 1.54) is 10.4 Å². The van der Waals surface area contributed by atoms with Gasteiger partial charge >= 0.3 is 0 Å². The number of guanidine groups is 1. The van der Waals surface area contributed by atoms with Gasteiger partial charge in [0.25, 0.3) is 0 Å². The van der Waals surface area contributed by atoms with Crippen LogP contribution in [0.4, 0.5) is 0 Å². The number of hydrogen-bond donors (Lipinski definition) is 2. The lowest BCUT2D eigenvalue weighted by molar-refractivity contribution is -0.131. The predicted octanol–water partition coefficient (Wildman–Crippen LogP) is 2.78. The maximum atomic E-state index is 12.5. The molecule has 3 heterocycles. The van der Waals surface area contributed by atoms with Crippen LogP contribution in [0.5, 0.6) is 0 Å². The minimum atomic E-state index is 0. The molecule has 0 spiro atoms. The van der Waals surface area contributed by atoms with Crippen LogP contribution in [0.2, 0.25) is 0 Å². The molecule has 9 heteroatoms. The van der Waals surface area contributed by atoms with Crippen molar-refractivity contribution in [1.82, 2.24) is 15.5 Å². The number of hydrogen-bond acceptors (Lipinski definition) is 5. The summed E-state index contributed by atoms with van der Waals surface area (Å²) in [6, 6.07) is 2.14. The number of thiophene rings is 1. The number of nitrogens with zero attached hydrogens (tertiary/aromatic N) is 2. The molecule has 2 aliphatic heterocycles. The summed E-state index contributed by atoms with van der Waals surface area (Å²) < 4.78 is 11.2. The normalized spacial score (nSPS) is 18.6. The van der Waals surface area contributed by atoms with E-state index >= 15 is 0 Å². The van der Waals surface area contributed by atoms with Crippen LogP contribution in [0.3, 0.4) is 0 Å². The van der Waals surface area contributed by atoms with Crippen LogP contribution in [-0.2, 0) is 27.2 Å². The first-order valence-corrected chi connectivity index (χ1v) is 11.7. The molecule has 0 aliphatic carbocycles. The van der Waals surface area contributed by atoms with Crippen molar-refractivity contribution in [2.45, 2.75) is 51.7 Å². The van der Waals surface area contributed by atoms with Gasteiger partial charge in [0, 0.05) is 57.2 Å². The Balaban J connectivity index is 0.00000320. The van der Waals surface area contributed by atoms with Crippen molar-refractivity contribution in [1.29, 1.82) is 0 Å². The molecule has 0 bridgehead atoms. The van der Waals surface area contributed by atoms with Crippen LogP contribution < -0.4 is 10.6 Å². The smallest absolute Gasteiger partial charge is 0.224 e. The summed E-state index contributed by atoms with van der Waals surface area (Å²) in [5.74, 6) is 0.964. The highest BCUT2D eigenvalue weighted by Gasteiger charge is 2.21. The van der Waals surface area contributed by atoms with Crippen LogP contribution in [0.15, 0.2) is 16.4 Å². The molecule has 1 atom stereocenters. The van der Waals surface area contributed by atoms with Crippen LogP contribution in [-0.4, -0.2) is 68.9 Å². The molecular formula is C21H35IN4O3S. The number of amides is 1. The van der Waals surface area contributed by atoms with Gasteiger partial charge in [-0.25, -0.2) is 0 Å². The Labute approximate surface area is 201 Å². The lowest BCUT2D eigenvalue weighted by Crippen LogP contribution is -2.41. The van der Waals surface area contributed by atoms with Gasteiger partial charge in [0.15, 0.2) is 5.96 Å². The molecule has 1 fully saturated rings. The van der Waals surface area contributed by atoms with E-state index in [2.05, 4.69) is 27.1 Å². The van der Waals surface area contributed by atoms with E-state index < -0.39 is 0 Å². The van der Waals surface area contributed by atoms with E-state index in [9.17, 15) is 4.79 Å². The monoisotopic (exact) mass is 550 g/mol. The molecule has 2 N–H and O–H groups in total. The largest absolute Gasteiger partial charge is 0.379 e. The second-order valence-electron chi connectivity index (χ2n) is 7.44. The number of ether oxygens (including phenoxy) is 2. The molecule has 0 radical (unpaired) electrons. The predicted molar refractivity (Wildman–Crippen MR) is 132 cm³/mol. The van der Waals surface area contributed by atoms with Crippen molar-refractivity contribution in [3.63, 3.8) is 0 Å². The third-order valence-corrected chi connectivity index (χ3v) is 6.20. The standard InChI is InChI=1S/C21H34N4O3S.HI/c1-2-22-21(23-9-4-12-27-16-18-5-3-13-28-18)24-10-6-20(26)25-11-7-19-17(15-25)8-14-29-19;/h8,14,18H,2-7,9-13,15-16H2,1H3,(H2,22,23,24);1H. The van der Waals surface area contributed by atoms with Crippen molar-refractivity contribution in [2.75, 3.05) is 46.0 Å². The van der Waals surface area contributed by atoms with Crippen molar-refractivity contribution < 1.29 is 14.3 Å². The minimum absolute atomic E-state index is 0. The number of aliphatic imine (C=N–C) groups is 1. The van der Waals surface area contributed by atoms with Crippen LogP contribution in [0.1, 0.15) is 43.0 Å². The summed E-state index contributed by atoms with van der Waals surface area (Å²) in [4.78, 5) is 20.5. The quantitative estimate of drug-likeness (QED) is 0.203. The fraction of sp³-hybridized carbons (Fsp3) is 0.714. The first-order valence-electron chi connectivity index (χ1n) is 10.8. The zero-order valence-electron chi connectivity index (χ0n) is 17.9. The third kappa shape index (κ3) is 8.32. The molecule has 2 aliphatic rings. The second-order valence-corrected chi connectivity index (χ2v) is 8.44. The molecule has 1 amide bonds. The maximum absolute atomic E-state index is 12.5. The van der Waals surface area contributed by atoms with Crippen molar-refractivity contribution in [3.05, 3.63) is 21.9 Å². The fourth-order valence-electron chi connectivity index (χ4n) is 3.60. The highest BCUT2D eigenvalue weighted by Crippen LogP contribution is 2.24. The molecule has 1 aromatic heterocycles. The van der Waals surface area contributed by atoms with Gasteiger partial charge in [-0.05, 0) is 49.6 Å². The zero-order valence-corrected chi connectivity index (χ0v) is 21.0. The van der Waals surface area contributed by atoms with Gasteiger partial charge in [-0.1, -0.05) is 0 Å². The number of carbonyl (C=O) groups is 1. The van der Waals surface area contributed by atoms with Crippen molar-refractivity contribution >= 4 is 47.2 Å². The van der Waals surface area contributed by atoms with Crippen LogP contribution in [0.25, 0.3) is 0 Å². The summed E-state index contributed by atoms with van der Waals surface area (Å²) in [5, 5.41) is 8.63. The van der Waals surface area contributed by atoms with Gasteiger partial charge in [-0.15, -0.1) is 35.3 Å². The average Bonchev–Trinajstić information content (AvgIpc) is 3.41. The Bertz CT molecular complexity index is 664. The Morgan fingerprint density at radius 2 is 2.33 bits per heavy atom. The SMILES string of the molecule is CCNC(=NCCCOCC1CCCO1)NCCC(=O)N1CCc2sccc2C1.I. The molecule has 170 valence electrons. The highest BCUT2D eigenvalue weighted by atomic mass is 127. The Morgan fingerprint density at radius 3 is 3.13 bits per heavy atom. The Morgan fingerprint density at radius 1 is 1.43 bits per heavy atom. The van der Waals surface area contributed by atoms with Gasteiger partial charge in [0.2, 0.25) is 5.91 Å².